The fourth-order valence-electron chi connectivity index (χ4n) is 2.96. The highest BCUT2D eigenvalue weighted by atomic mass is 79.9. The van der Waals surface area contributed by atoms with Crippen LogP contribution in [0.3, 0.4) is 0 Å². The number of amides is 1. The van der Waals surface area contributed by atoms with Crippen molar-refractivity contribution in [1.29, 1.82) is 5.26 Å². The molecule has 1 aliphatic heterocycles. The number of nitriles is 1. The van der Waals surface area contributed by atoms with Crippen molar-refractivity contribution in [1.82, 2.24) is 9.80 Å². The molecule has 2 aromatic carbocycles. The molecule has 0 bridgehead atoms. The van der Waals surface area contributed by atoms with E-state index in [-0.39, 0.29) is 11.9 Å². The second-order valence-corrected chi connectivity index (χ2v) is 6.69. The third-order valence-corrected chi connectivity index (χ3v) is 4.82. The van der Waals surface area contributed by atoms with Gasteiger partial charge >= 0.3 is 0 Å². The van der Waals surface area contributed by atoms with Crippen LogP contribution >= 0.6 is 15.9 Å². The summed E-state index contributed by atoms with van der Waals surface area (Å²) in [5.41, 5.74) is 1.71. The quantitative estimate of drug-likeness (QED) is 0.814. The van der Waals surface area contributed by atoms with Gasteiger partial charge in [0.15, 0.2) is 0 Å². The molecule has 24 heavy (non-hydrogen) atoms. The van der Waals surface area contributed by atoms with E-state index in [1.807, 2.05) is 59.5 Å². The Hall–Kier alpha value is -2.16. The number of carbonyl (C=O) groups excluding carboxylic acids is 1. The number of carbonyl (C=O) groups is 1. The molecule has 0 spiro atoms. The number of nitrogens with zero attached hydrogens (tertiary/aromatic N) is 3. The summed E-state index contributed by atoms with van der Waals surface area (Å²) in [6, 6.07) is 19.4. The molecule has 3 rings (SSSR count). The average Bonchev–Trinajstić information content (AvgIpc) is 2.64. The monoisotopic (exact) mass is 383 g/mol. The van der Waals surface area contributed by atoms with Gasteiger partial charge in [0.2, 0.25) is 0 Å². The second-order valence-electron chi connectivity index (χ2n) is 5.78. The number of rotatable bonds is 3. The van der Waals surface area contributed by atoms with E-state index in [1.165, 1.54) is 0 Å². The average molecular weight is 384 g/mol. The Morgan fingerprint density at radius 1 is 1.00 bits per heavy atom. The standard InChI is InChI=1S/C19H18BrN3O/c20-17-8-6-16(7-9-17)19(24)23-12-10-22(11-13-23)18(14-21)15-4-2-1-3-5-15/h1-9,18H,10-13H2/t18-/m0/s1. The third kappa shape index (κ3) is 3.66. The fourth-order valence-corrected chi connectivity index (χ4v) is 3.22. The Balaban J connectivity index is 1.64. The lowest BCUT2D eigenvalue weighted by Crippen LogP contribution is -2.49. The van der Waals surface area contributed by atoms with E-state index in [9.17, 15) is 10.1 Å². The van der Waals surface area contributed by atoms with Crippen LogP contribution in [0.2, 0.25) is 0 Å². The SMILES string of the molecule is N#C[C@@H](c1ccccc1)N1CCN(C(=O)c2ccc(Br)cc2)CC1. The Morgan fingerprint density at radius 3 is 2.21 bits per heavy atom. The second kappa shape index (κ2) is 7.61. The smallest absolute Gasteiger partial charge is 0.253 e. The summed E-state index contributed by atoms with van der Waals surface area (Å²) in [5.74, 6) is 0.0513. The lowest BCUT2D eigenvalue weighted by Gasteiger charge is -2.37. The maximum absolute atomic E-state index is 12.6. The van der Waals surface area contributed by atoms with Crippen molar-refractivity contribution in [2.45, 2.75) is 6.04 Å². The van der Waals surface area contributed by atoms with Gasteiger partial charge < -0.3 is 4.90 Å². The summed E-state index contributed by atoms with van der Waals surface area (Å²) in [6.07, 6.45) is 0. The first-order valence-electron chi connectivity index (χ1n) is 7.92. The van der Waals surface area contributed by atoms with Gasteiger partial charge in [0.05, 0.1) is 6.07 Å². The van der Waals surface area contributed by atoms with Gasteiger partial charge in [-0.05, 0) is 29.8 Å². The van der Waals surface area contributed by atoms with Crippen LogP contribution in [-0.2, 0) is 0 Å². The largest absolute Gasteiger partial charge is 0.336 e. The van der Waals surface area contributed by atoms with E-state index in [0.717, 1.165) is 10.0 Å². The van der Waals surface area contributed by atoms with Crippen molar-refractivity contribution >= 4 is 21.8 Å². The zero-order chi connectivity index (χ0) is 16.9. The lowest BCUT2D eigenvalue weighted by atomic mass is 10.1. The normalized spacial score (nSPS) is 16.4. The molecule has 1 fully saturated rings. The van der Waals surface area contributed by atoms with Crippen molar-refractivity contribution in [3.05, 3.63) is 70.2 Å². The third-order valence-electron chi connectivity index (χ3n) is 4.30. The summed E-state index contributed by atoms with van der Waals surface area (Å²) in [7, 11) is 0. The minimum Gasteiger partial charge on any atom is -0.336 e. The number of hydrogen-bond donors (Lipinski definition) is 0. The predicted octanol–water partition coefficient (Wildman–Crippen LogP) is 3.47. The van der Waals surface area contributed by atoms with E-state index >= 15 is 0 Å². The molecular weight excluding hydrogens is 366 g/mol. The summed E-state index contributed by atoms with van der Waals surface area (Å²) in [6.45, 7) is 2.69. The molecule has 5 heteroatoms. The highest BCUT2D eigenvalue weighted by Crippen LogP contribution is 2.22. The Morgan fingerprint density at radius 2 is 1.62 bits per heavy atom. The highest BCUT2D eigenvalue weighted by molar-refractivity contribution is 9.10. The molecule has 0 saturated carbocycles. The van der Waals surface area contributed by atoms with Gasteiger partial charge in [-0.15, -0.1) is 0 Å². The molecule has 0 N–H and O–H groups in total. The van der Waals surface area contributed by atoms with Gasteiger partial charge in [-0.2, -0.15) is 5.26 Å². The molecule has 0 aliphatic carbocycles. The molecule has 122 valence electrons. The number of halogens is 1. The maximum atomic E-state index is 12.6. The van der Waals surface area contributed by atoms with Crippen LogP contribution in [-0.4, -0.2) is 41.9 Å². The molecule has 1 aliphatic rings. The summed E-state index contributed by atoms with van der Waals surface area (Å²) in [5, 5.41) is 9.53. The zero-order valence-corrected chi connectivity index (χ0v) is 14.8. The summed E-state index contributed by atoms with van der Waals surface area (Å²) >= 11 is 3.38. The number of benzene rings is 2. The van der Waals surface area contributed by atoms with Crippen molar-refractivity contribution in [2.24, 2.45) is 0 Å². The Labute approximate surface area is 150 Å². The van der Waals surface area contributed by atoms with Gasteiger partial charge in [-0.1, -0.05) is 46.3 Å². The van der Waals surface area contributed by atoms with Gasteiger partial charge in [0.1, 0.15) is 6.04 Å². The molecule has 0 unspecified atom stereocenters. The zero-order valence-electron chi connectivity index (χ0n) is 13.2. The molecule has 1 atom stereocenters. The van der Waals surface area contributed by atoms with E-state index in [2.05, 4.69) is 26.9 Å². The first-order chi connectivity index (χ1) is 11.7. The molecule has 1 saturated heterocycles. The first-order valence-corrected chi connectivity index (χ1v) is 8.72. The lowest BCUT2D eigenvalue weighted by molar-refractivity contribution is 0.0606. The highest BCUT2D eigenvalue weighted by Gasteiger charge is 2.27. The fraction of sp³-hybridized carbons (Fsp3) is 0.263. The minimum atomic E-state index is -0.254. The van der Waals surface area contributed by atoms with Gasteiger partial charge in [0.25, 0.3) is 5.91 Å². The molecular formula is C19H18BrN3O. The first kappa shape index (κ1) is 16.7. The van der Waals surface area contributed by atoms with Crippen LogP contribution in [0.15, 0.2) is 59.1 Å². The molecule has 1 heterocycles. The Kier molecular flexibility index (Phi) is 5.29. The molecule has 1 amide bonds. The topological polar surface area (TPSA) is 47.3 Å². The number of piperazine rings is 1. The molecule has 0 aromatic heterocycles. The van der Waals surface area contributed by atoms with E-state index in [4.69, 9.17) is 0 Å². The van der Waals surface area contributed by atoms with Crippen LogP contribution in [0.4, 0.5) is 0 Å². The maximum Gasteiger partial charge on any atom is 0.253 e. The van der Waals surface area contributed by atoms with Gasteiger partial charge in [-0.3, -0.25) is 9.69 Å². The van der Waals surface area contributed by atoms with Crippen LogP contribution in [0.25, 0.3) is 0 Å². The van der Waals surface area contributed by atoms with Gasteiger partial charge in [-0.25, -0.2) is 0 Å². The molecule has 0 radical (unpaired) electrons. The van der Waals surface area contributed by atoms with E-state index in [0.29, 0.717) is 31.7 Å². The van der Waals surface area contributed by atoms with Crippen molar-refractivity contribution in [3.63, 3.8) is 0 Å². The van der Waals surface area contributed by atoms with Crippen LogP contribution < -0.4 is 0 Å². The van der Waals surface area contributed by atoms with Crippen molar-refractivity contribution < 1.29 is 4.79 Å². The van der Waals surface area contributed by atoms with Crippen LogP contribution in [0.1, 0.15) is 22.0 Å². The molecule has 2 aromatic rings. The van der Waals surface area contributed by atoms with Crippen molar-refractivity contribution in [3.8, 4) is 6.07 Å². The van der Waals surface area contributed by atoms with E-state index in [1.54, 1.807) is 0 Å². The van der Waals surface area contributed by atoms with Crippen molar-refractivity contribution in [2.75, 3.05) is 26.2 Å². The summed E-state index contributed by atoms with van der Waals surface area (Å²) < 4.78 is 0.962. The predicted molar refractivity (Wildman–Crippen MR) is 96.4 cm³/mol. The van der Waals surface area contributed by atoms with Crippen LogP contribution in [0, 0.1) is 11.3 Å². The summed E-state index contributed by atoms with van der Waals surface area (Å²) in [4.78, 5) is 16.6. The van der Waals surface area contributed by atoms with Crippen LogP contribution in [0.5, 0.6) is 0 Å². The Bertz CT molecular complexity index is 731. The minimum absolute atomic E-state index is 0.0513. The van der Waals surface area contributed by atoms with Gasteiger partial charge in [0, 0.05) is 36.2 Å². The van der Waals surface area contributed by atoms with E-state index < -0.39 is 0 Å². The number of hydrogen-bond acceptors (Lipinski definition) is 3. The molecule has 4 nitrogen and oxygen atoms in total.